The number of carbonyl (C=O) groups is 2. The molecule has 0 aliphatic heterocycles. The quantitative estimate of drug-likeness (QED) is 0.266. The van der Waals surface area contributed by atoms with Crippen LogP contribution in [0.3, 0.4) is 0 Å². The third-order valence-corrected chi connectivity index (χ3v) is 9.15. The minimum absolute atomic E-state index is 0.0746. The van der Waals surface area contributed by atoms with Crippen LogP contribution in [0.1, 0.15) is 45.2 Å². The highest BCUT2D eigenvalue weighted by Crippen LogP contribution is 2.27. The summed E-state index contributed by atoms with van der Waals surface area (Å²) >= 11 is 1.51. The molecule has 0 aliphatic carbocycles. The van der Waals surface area contributed by atoms with Gasteiger partial charge in [-0.05, 0) is 94.5 Å². The molecule has 42 heavy (non-hydrogen) atoms. The largest absolute Gasteiger partial charge is 0.497 e. The van der Waals surface area contributed by atoms with Gasteiger partial charge in [0.15, 0.2) is 0 Å². The predicted octanol–water partition coefficient (Wildman–Crippen LogP) is 5.64. The maximum Gasteiger partial charge on any atom is 0.264 e. The maximum atomic E-state index is 14.2. The highest BCUT2D eigenvalue weighted by molar-refractivity contribution is 7.98. The smallest absolute Gasteiger partial charge is 0.264 e. The number of amides is 2. The first-order valence-corrected chi connectivity index (χ1v) is 16.4. The Morgan fingerprint density at radius 3 is 2.19 bits per heavy atom. The fourth-order valence-electron chi connectivity index (χ4n) is 4.45. The topological polar surface area (TPSA) is 96.0 Å². The third kappa shape index (κ3) is 8.51. The third-order valence-electron chi connectivity index (χ3n) is 6.62. The Kier molecular flexibility index (Phi) is 11.1. The Labute approximate surface area is 254 Å². The van der Waals surface area contributed by atoms with Crippen LogP contribution in [0.4, 0.5) is 5.69 Å². The molecule has 3 rings (SSSR count). The van der Waals surface area contributed by atoms with Crippen LogP contribution in [0.25, 0.3) is 0 Å². The maximum absolute atomic E-state index is 14.2. The molecule has 2 amide bonds. The van der Waals surface area contributed by atoms with E-state index in [2.05, 4.69) is 5.32 Å². The molecule has 0 heterocycles. The Balaban J connectivity index is 2.08. The first-order valence-electron chi connectivity index (χ1n) is 13.8. The highest BCUT2D eigenvalue weighted by Gasteiger charge is 2.34. The van der Waals surface area contributed by atoms with Crippen molar-refractivity contribution in [1.82, 2.24) is 10.2 Å². The summed E-state index contributed by atoms with van der Waals surface area (Å²) in [6, 6.07) is 20.0. The van der Waals surface area contributed by atoms with Crippen molar-refractivity contribution in [3.05, 3.63) is 83.9 Å². The fraction of sp³-hybridized carbons (Fsp3) is 0.375. The summed E-state index contributed by atoms with van der Waals surface area (Å²) in [7, 11) is -2.57. The highest BCUT2D eigenvalue weighted by atomic mass is 32.2. The lowest BCUT2D eigenvalue weighted by Crippen LogP contribution is -2.55. The minimum atomic E-state index is -4.13. The van der Waals surface area contributed by atoms with Crippen LogP contribution < -0.4 is 14.4 Å². The number of sulfonamides is 1. The number of methoxy groups -OCH3 is 1. The Morgan fingerprint density at radius 1 is 1.00 bits per heavy atom. The molecule has 0 saturated heterocycles. The summed E-state index contributed by atoms with van der Waals surface area (Å²) in [5.41, 5.74) is 1.55. The van der Waals surface area contributed by atoms with Gasteiger partial charge in [-0.3, -0.25) is 13.9 Å². The zero-order valence-electron chi connectivity index (χ0n) is 25.4. The van der Waals surface area contributed by atoms with E-state index in [9.17, 15) is 18.0 Å². The average Bonchev–Trinajstić information content (AvgIpc) is 2.95. The van der Waals surface area contributed by atoms with E-state index < -0.39 is 34.1 Å². The molecule has 226 valence electrons. The van der Waals surface area contributed by atoms with E-state index in [1.807, 2.05) is 53.0 Å². The molecule has 1 atom stereocenters. The molecule has 0 saturated carbocycles. The predicted molar refractivity (Wildman–Crippen MR) is 169 cm³/mol. The van der Waals surface area contributed by atoms with E-state index in [1.165, 1.54) is 16.7 Å². The Hall–Kier alpha value is -3.50. The normalized spacial score (nSPS) is 12.4. The van der Waals surface area contributed by atoms with Crippen LogP contribution >= 0.6 is 11.8 Å². The summed E-state index contributed by atoms with van der Waals surface area (Å²) in [4.78, 5) is 30.1. The van der Waals surface area contributed by atoms with Gasteiger partial charge in [0.2, 0.25) is 11.8 Å². The molecule has 0 fully saturated rings. The van der Waals surface area contributed by atoms with Gasteiger partial charge in [0.05, 0.1) is 17.7 Å². The van der Waals surface area contributed by atoms with E-state index in [-0.39, 0.29) is 17.3 Å². The van der Waals surface area contributed by atoms with Gasteiger partial charge in [-0.25, -0.2) is 8.42 Å². The fourth-order valence-corrected chi connectivity index (χ4v) is 6.28. The van der Waals surface area contributed by atoms with Crippen LogP contribution in [0, 0.1) is 6.92 Å². The first-order chi connectivity index (χ1) is 19.8. The van der Waals surface area contributed by atoms with Gasteiger partial charge in [0.25, 0.3) is 10.0 Å². The lowest BCUT2D eigenvalue weighted by molar-refractivity contribution is -0.141. The monoisotopic (exact) mass is 611 g/mol. The summed E-state index contributed by atoms with van der Waals surface area (Å²) in [6.45, 7) is 8.97. The molecule has 10 heteroatoms. The summed E-state index contributed by atoms with van der Waals surface area (Å²) in [5.74, 6) is -0.193. The number of anilines is 1. The molecular formula is C32H41N3O5S2. The zero-order valence-corrected chi connectivity index (χ0v) is 27.0. The van der Waals surface area contributed by atoms with E-state index in [4.69, 9.17) is 4.74 Å². The molecule has 0 aromatic heterocycles. The molecule has 0 spiro atoms. The van der Waals surface area contributed by atoms with E-state index in [0.29, 0.717) is 17.9 Å². The molecule has 3 aromatic carbocycles. The number of hydrogen-bond acceptors (Lipinski definition) is 6. The number of thioether (sulfide) groups is 1. The lowest BCUT2D eigenvalue weighted by atomic mass is 10.1. The number of ether oxygens (including phenoxy) is 1. The lowest BCUT2D eigenvalue weighted by Gasteiger charge is -2.34. The van der Waals surface area contributed by atoms with Crippen molar-refractivity contribution in [2.45, 2.75) is 69.0 Å². The number of rotatable bonds is 12. The Morgan fingerprint density at radius 2 is 1.64 bits per heavy atom. The van der Waals surface area contributed by atoms with Crippen molar-refractivity contribution in [1.29, 1.82) is 0 Å². The number of nitrogens with zero attached hydrogens (tertiary/aromatic N) is 2. The van der Waals surface area contributed by atoms with Crippen molar-refractivity contribution in [3.63, 3.8) is 0 Å². The molecule has 8 nitrogen and oxygen atoms in total. The first kappa shape index (κ1) is 33.0. The van der Waals surface area contributed by atoms with Crippen molar-refractivity contribution in [3.8, 4) is 5.75 Å². The molecule has 3 aromatic rings. The van der Waals surface area contributed by atoms with Crippen molar-refractivity contribution in [2.75, 3.05) is 24.2 Å². The van der Waals surface area contributed by atoms with E-state index in [0.717, 1.165) is 20.3 Å². The van der Waals surface area contributed by atoms with Crippen LogP contribution in [-0.4, -0.2) is 56.6 Å². The van der Waals surface area contributed by atoms with Crippen molar-refractivity contribution < 1.29 is 22.7 Å². The number of aryl methyl sites for hydroxylation is 1. The van der Waals surface area contributed by atoms with Crippen molar-refractivity contribution >= 4 is 39.3 Å². The molecule has 0 aliphatic rings. The number of nitrogens with one attached hydrogen (secondary N) is 1. The molecule has 0 radical (unpaired) electrons. The van der Waals surface area contributed by atoms with Gasteiger partial charge in [-0.1, -0.05) is 36.8 Å². The van der Waals surface area contributed by atoms with Gasteiger partial charge >= 0.3 is 0 Å². The summed E-state index contributed by atoms with van der Waals surface area (Å²) < 4.78 is 34.5. The molecule has 1 N–H and O–H groups in total. The minimum Gasteiger partial charge on any atom is -0.497 e. The summed E-state index contributed by atoms with van der Waals surface area (Å²) in [5, 5.41) is 2.98. The van der Waals surface area contributed by atoms with Crippen LogP contribution in [0.15, 0.2) is 82.6 Å². The van der Waals surface area contributed by atoms with Crippen LogP contribution in [0.2, 0.25) is 0 Å². The zero-order chi connectivity index (χ0) is 31.1. The number of benzene rings is 3. The second-order valence-corrected chi connectivity index (χ2v) is 13.8. The standard InChI is InChI=1S/C32H41N3O5S2/c1-8-29(31(37)33-32(3,4)5)34(21-24-10-9-11-26(20-24)40-6)30(36)22-35(25-14-12-23(2)13-15-25)42(38,39)28-18-16-27(41-7)17-19-28/h9-20,29H,8,21-22H2,1-7H3,(H,33,37)/t29-/m1/s1. The van der Waals surface area contributed by atoms with Gasteiger partial charge in [0.1, 0.15) is 18.3 Å². The summed E-state index contributed by atoms with van der Waals surface area (Å²) in [6.07, 6.45) is 2.25. The van der Waals surface area contributed by atoms with Crippen molar-refractivity contribution in [2.24, 2.45) is 0 Å². The van der Waals surface area contributed by atoms with Gasteiger partial charge < -0.3 is 15.0 Å². The SMILES string of the molecule is CC[C@H](C(=O)NC(C)(C)C)N(Cc1cccc(OC)c1)C(=O)CN(c1ccc(C)cc1)S(=O)(=O)c1ccc(SC)cc1. The Bertz CT molecular complexity index is 1470. The second kappa shape index (κ2) is 14.1. The average molecular weight is 612 g/mol. The second-order valence-electron chi connectivity index (χ2n) is 11.1. The van der Waals surface area contributed by atoms with E-state index >= 15 is 0 Å². The van der Waals surface area contributed by atoms with Crippen LogP contribution in [-0.2, 0) is 26.2 Å². The number of hydrogen-bond donors (Lipinski definition) is 1. The molecule has 0 unspecified atom stereocenters. The molecule has 0 bridgehead atoms. The van der Waals surface area contributed by atoms with E-state index in [1.54, 1.807) is 67.8 Å². The molecular weight excluding hydrogens is 571 g/mol. The number of carbonyl (C=O) groups excluding carboxylic acids is 2. The van der Waals surface area contributed by atoms with Crippen LogP contribution in [0.5, 0.6) is 5.75 Å². The van der Waals surface area contributed by atoms with Gasteiger partial charge in [0, 0.05) is 17.0 Å². The van der Waals surface area contributed by atoms with Gasteiger partial charge in [-0.2, -0.15) is 0 Å². The van der Waals surface area contributed by atoms with Gasteiger partial charge in [-0.15, -0.1) is 11.8 Å².